The summed E-state index contributed by atoms with van der Waals surface area (Å²) in [5.41, 5.74) is 7.36. The summed E-state index contributed by atoms with van der Waals surface area (Å²) in [5.74, 6) is -0.843. The van der Waals surface area contributed by atoms with E-state index in [-0.39, 0.29) is 5.92 Å². The van der Waals surface area contributed by atoms with Crippen LogP contribution in [0, 0.1) is 19.3 Å². The van der Waals surface area contributed by atoms with Crippen LogP contribution in [0.3, 0.4) is 0 Å². The monoisotopic (exact) mass is 429 g/mol. The fourth-order valence-electron chi connectivity index (χ4n) is 4.16. The van der Waals surface area contributed by atoms with Gasteiger partial charge in [-0.1, -0.05) is 55.5 Å². The molecule has 0 unspecified atom stereocenters. The van der Waals surface area contributed by atoms with Crippen molar-refractivity contribution in [2.24, 2.45) is 0 Å². The van der Waals surface area contributed by atoms with Gasteiger partial charge < -0.3 is 10.5 Å². The first kappa shape index (κ1) is 23.2. The summed E-state index contributed by atoms with van der Waals surface area (Å²) in [5, 5.41) is 22.2. The van der Waals surface area contributed by atoms with Gasteiger partial charge in [0.2, 0.25) is 0 Å². The third kappa shape index (κ3) is 5.61. The molecule has 32 heavy (non-hydrogen) atoms. The average Bonchev–Trinajstić information content (AvgIpc) is 3.07. The van der Waals surface area contributed by atoms with E-state index in [1.54, 1.807) is 6.08 Å². The van der Waals surface area contributed by atoms with E-state index >= 15 is 0 Å². The van der Waals surface area contributed by atoms with Gasteiger partial charge in [-0.2, -0.15) is 5.10 Å². The SMILES string of the molecule is CC[C@H](C(=N)CCc1c(C)nn(-c2ccccc2)c1C)c1ccc(C/C=C/C(=O)O)cc1. The molecule has 5 nitrogen and oxygen atoms in total. The van der Waals surface area contributed by atoms with Crippen LogP contribution >= 0.6 is 0 Å². The van der Waals surface area contributed by atoms with Crippen molar-refractivity contribution < 1.29 is 9.90 Å². The standard InChI is InChI=1S/C27H31N3O2/c1-4-24(22-15-13-21(14-16-22)9-8-12-27(31)32)26(28)18-17-25-19(2)29-30(20(25)3)23-10-6-5-7-11-23/h5-8,10-16,24,28H,4,9,17-18H2,1-3H3,(H,31,32)/b12-8+,28-26?/t24-/m0/s1. The highest BCUT2D eigenvalue weighted by Gasteiger charge is 2.18. The van der Waals surface area contributed by atoms with Gasteiger partial charge in [0, 0.05) is 23.4 Å². The van der Waals surface area contributed by atoms with Crippen LogP contribution in [0.5, 0.6) is 0 Å². The van der Waals surface area contributed by atoms with Crippen LogP contribution in [0.4, 0.5) is 0 Å². The average molecular weight is 430 g/mol. The maximum absolute atomic E-state index is 10.6. The lowest BCUT2D eigenvalue weighted by atomic mass is 9.88. The summed E-state index contributed by atoms with van der Waals surface area (Å²) in [6.07, 6.45) is 5.78. The van der Waals surface area contributed by atoms with E-state index in [0.717, 1.165) is 46.8 Å². The van der Waals surface area contributed by atoms with Crippen molar-refractivity contribution >= 4 is 11.7 Å². The molecule has 1 atom stereocenters. The molecule has 0 aliphatic heterocycles. The number of para-hydroxylation sites is 1. The Balaban J connectivity index is 1.67. The van der Waals surface area contributed by atoms with Crippen molar-refractivity contribution in [3.05, 3.63) is 94.8 Å². The molecule has 0 saturated carbocycles. The van der Waals surface area contributed by atoms with E-state index in [2.05, 4.69) is 38.1 Å². The lowest BCUT2D eigenvalue weighted by molar-refractivity contribution is -0.131. The van der Waals surface area contributed by atoms with Crippen molar-refractivity contribution in [2.75, 3.05) is 0 Å². The van der Waals surface area contributed by atoms with Crippen LogP contribution in [0.1, 0.15) is 53.8 Å². The minimum absolute atomic E-state index is 0.0865. The van der Waals surface area contributed by atoms with Crippen LogP contribution in [0.2, 0.25) is 0 Å². The first-order valence-corrected chi connectivity index (χ1v) is 11.1. The third-order valence-corrected chi connectivity index (χ3v) is 5.91. The highest BCUT2D eigenvalue weighted by Crippen LogP contribution is 2.25. The molecule has 0 radical (unpaired) electrons. The lowest BCUT2D eigenvalue weighted by Crippen LogP contribution is -2.12. The number of allylic oxidation sites excluding steroid dienone is 1. The van der Waals surface area contributed by atoms with E-state index in [4.69, 9.17) is 15.6 Å². The van der Waals surface area contributed by atoms with Gasteiger partial charge >= 0.3 is 5.97 Å². The van der Waals surface area contributed by atoms with Crippen LogP contribution in [0.25, 0.3) is 5.69 Å². The van der Waals surface area contributed by atoms with Crippen molar-refractivity contribution in [2.45, 2.75) is 52.4 Å². The molecule has 3 aromatic rings. The van der Waals surface area contributed by atoms with Gasteiger partial charge in [-0.25, -0.2) is 9.48 Å². The third-order valence-electron chi connectivity index (χ3n) is 5.91. The van der Waals surface area contributed by atoms with Gasteiger partial charge in [-0.3, -0.25) is 0 Å². The number of aromatic nitrogens is 2. The molecule has 2 aromatic carbocycles. The van der Waals surface area contributed by atoms with Crippen LogP contribution in [-0.2, 0) is 17.6 Å². The molecule has 0 bridgehead atoms. The Hall–Kier alpha value is -3.47. The summed E-state index contributed by atoms with van der Waals surface area (Å²) < 4.78 is 1.99. The predicted octanol–water partition coefficient (Wildman–Crippen LogP) is 5.82. The van der Waals surface area contributed by atoms with E-state index in [9.17, 15) is 4.79 Å². The zero-order valence-corrected chi connectivity index (χ0v) is 19.0. The van der Waals surface area contributed by atoms with Gasteiger partial charge in [0.05, 0.1) is 11.4 Å². The molecular formula is C27H31N3O2. The number of carboxylic acids is 1. The molecule has 1 aromatic heterocycles. The Morgan fingerprint density at radius 3 is 2.44 bits per heavy atom. The zero-order chi connectivity index (χ0) is 23.1. The molecular weight excluding hydrogens is 398 g/mol. The van der Waals surface area contributed by atoms with Crippen LogP contribution < -0.4 is 0 Å². The van der Waals surface area contributed by atoms with Gasteiger partial charge in [-0.05, 0) is 68.4 Å². The molecule has 0 amide bonds. The first-order chi connectivity index (χ1) is 15.4. The fraction of sp³-hybridized carbons (Fsp3) is 0.296. The second-order valence-electron chi connectivity index (χ2n) is 8.07. The zero-order valence-electron chi connectivity index (χ0n) is 19.0. The molecule has 5 heteroatoms. The number of nitrogens with zero attached hydrogens (tertiary/aromatic N) is 2. The fourth-order valence-corrected chi connectivity index (χ4v) is 4.16. The quantitative estimate of drug-likeness (QED) is 0.315. The highest BCUT2D eigenvalue weighted by molar-refractivity contribution is 5.88. The molecule has 1 heterocycles. The molecule has 0 spiro atoms. The van der Waals surface area contributed by atoms with Crippen molar-refractivity contribution in [1.29, 1.82) is 5.41 Å². The topological polar surface area (TPSA) is 79.0 Å². The normalized spacial score (nSPS) is 12.2. The van der Waals surface area contributed by atoms with Gasteiger partial charge in [0.25, 0.3) is 0 Å². The highest BCUT2D eigenvalue weighted by atomic mass is 16.4. The van der Waals surface area contributed by atoms with Crippen molar-refractivity contribution in [1.82, 2.24) is 9.78 Å². The number of aryl methyl sites for hydroxylation is 1. The van der Waals surface area contributed by atoms with E-state index in [1.807, 2.05) is 41.9 Å². The molecule has 2 N–H and O–H groups in total. The van der Waals surface area contributed by atoms with Gasteiger partial charge in [0.1, 0.15) is 0 Å². The first-order valence-electron chi connectivity index (χ1n) is 11.1. The Kier molecular flexibility index (Phi) is 7.77. The Labute approximate surface area is 189 Å². The van der Waals surface area contributed by atoms with Crippen molar-refractivity contribution in [3.63, 3.8) is 0 Å². The Morgan fingerprint density at radius 1 is 1.12 bits per heavy atom. The lowest BCUT2D eigenvalue weighted by Gasteiger charge is -2.17. The minimum atomic E-state index is -0.930. The van der Waals surface area contributed by atoms with Gasteiger partial charge in [-0.15, -0.1) is 0 Å². The smallest absolute Gasteiger partial charge is 0.327 e. The summed E-state index contributed by atoms with van der Waals surface area (Å²) in [4.78, 5) is 10.6. The number of rotatable bonds is 10. The largest absolute Gasteiger partial charge is 0.478 e. The maximum Gasteiger partial charge on any atom is 0.327 e. The maximum atomic E-state index is 10.6. The van der Waals surface area contributed by atoms with E-state index in [1.165, 1.54) is 11.6 Å². The summed E-state index contributed by atoms with van der Waals surface area (Å²) >= 11 is 0. The number of benzene rings is 2. The molecule has 0 aliphatic carbocycles. The predicted molar refractivity (Wildman–Crippen MR) is 129 cm³/mol. The second-order valence-corrected chi connectivity index (χ2v) is 8.07. The second kappa shape index (κ2) is 10.7. The summed E-state index contributed by atoms with van der Waals surface area (Å²) in [6.45, 7) is 6.26. The molecule has 0 saturated heterocycles. The molecule has 0 fully saturated rings. The molecule has 0 aliphatic rings. The van der Waals surface area contributed by atoms with Crippen molar-refractivity contribution in [3.8, 4) is 5.69 Å². The van der Waals surface area contributed by atoms with Gasteiger partial charge in [0.15, 0.2) is 0 Å². The number of hydrogen-bond donors (Lipinski definition) is 2. The number of carbonyl (C=O) groups is 1. The number of aliphatic carboxylic acids is 1. The summed E-state index contributed by atoms with van der Waals surface area (Å²) in [7, 11) is 0. The Morgan fingerprint density at radius 2 is 1.81 bits per heavy atom. The number of nitrogens with one attached hydrogen (secondary N) is 1. The van der Waals surface area contributed by atoms with Crippen LogP contribution in [0.15, 0.2) is 66.7 Å². The molecule has 166 valence electrons. The van der Waals surface area contributed by atoms with E-state index in [0.29, 0.717) is 12.8 Å². The Bertz CT molecular complexity index is 1100. The molecule has 3 rings (SSSR count). The van der Waals surface area contributed by atoms with Crippen LogP contribution in [-0.4, -0.2) is 26.6 Å². The summed E-state index contributed by atoms with van der Waals surface area (Å²) in [6, 6.07) is 18.3. The van der Waals surface area contributed by atoms with E-state index < -0.39 is 5.97 Å². The number of hydrogen-bond acceptors (Lipinski definition) is 3. The number of carboxylic acid groups (broad SMARTS) is 1. The minimum Gasteiger partial charge on any atom is -0.478 e.